The van der Waals surface area contributed by atoms with E-state index in [9.17, 15) is 9.59 Å². The lowest BCUT2D eigenvalue weighted by Crippen LogP contribution is -2.50. The third-order valence-corrected chi connectivity index (χ3v) is 4.71. The number of nitrogens with two attached hydrogens (primary N) is 2. The molecule has 0 bridgehead atoms. The molecule has 2 aromatic carbocycles. The molecule has 0 saturated carbocycles. The molecule has 3 aromatic rings. The Kier molecular flexibility index (Phi) is 6.46. The molecule has 1 aromatic heterocycles. The lowest BCUT2D eigenvalue weighted by Gasteiger charge is -2.17. The van der Waals surface area contributed by atoms with Crippen LogP contribution in [-0.4, -0.2) is 33.9 Å². The first kappa shape index (κ1) is 20.3. The highest BCUT2D eigenvalue weighted by Gasteiger charge is 2.19. The van der Waals surface area contributed by atoms with Crippen LogP contribution < -0.4 is 22.1 Å². The van der Waals surface area contributed by atoms with Gasteiger partial charge in [-0.25, -0.2) is 4.98 Å². The lowest BCUT2D eigenvalue weighted by atomic mass is 10.1. The highest BCUT2D eigenvalue weighted by molar-refractivity contribution is 5.89. The maximum Gasteiger partial charge on any atom is 0.242 e. The number of nitrogen functional groups attached to an aromatic ring is 1. The second-order valence-electron chi connectivity index (χ2n) is 7.05. The zero-order chi connectivity index (χ0) is 20.8. The number of nitrogens with zero attached hydrogens (tertiary/aromatic N) is 1. The Labute approximate surface area is 169 Å². The van der Waals surface area contributed by atoms with E-state index in [-0.39, 0.29) is 11.8 Å². The minimum atomic E-state index is -0.684. The minimum Gasteiger partial charge on any atom is -0.369 e. The van der Waals surface area contributed by atoms with Crippen LogP contribution in [0, 0.1) is 0 Å². The van der Waals surface area contributed by atoms with Gasteiger partial charge in [-0.1, -0.05) is 36.4 Å². The monoisotopic (exact) mass is 394 g/mol. The molecule has 0 radical (unpaired) electrons. The first-order valence-electron chi connectivity index (χ1n) is 9.54. The summed E-state index contributed by atoms with van der Waals surface area (Å²) >= 11 is 0. The van der Waals surface area contributed by atoms with Crippen molar-refractivity contribution in [2.24, 2.45) is 5.73 Å². The third-order valence-electron chi connectivity index (χ3n) is 4.71. The van der Waals surface area contributed by atoms with Gasteiger partial charge in [0.05, 0.1) is 17.1 Å². The Hall–Kier alpha value is -3.39. The molecule has 0 unspecified atom stereocenters. The fraction of sp³-hybridized carbons (Fsp3) is 0.286. The largest absolute Gasteiger partial charge is 0.369 e. The number of rotatable bonds is 8. The van der Waals surface area contributed by atoms with Crippen molar-refractivity contribution >= 4 is 28.8 Å². The number of H-pyrrole nitrogens is 1. The second kappa shape index (κ2) is 9.20. The number of aryl methyl sites for hydroxylation is 1. The fourth-order valence-corrected chi connectivity index (χ4v) is 3.01. The number of hydrogen-bond donors (Lipinski definition) is 5. The number of hydrogen-bond acceptors (Lipinski definition) is 5. The van der Waals surface area contributed by atoms with E-state index in [1.165, 1.54) is 0 Å². The molecule has 29 heavy (non-hydrogen) atoms. The average molecular weight is 394 g/mol. The van der Waals surface area contributed by atoms with Gasteiger partial charge in [-0.15, -0.1) is 0 Å². The molecule has 1 heterocycles. The van der Waals surface area contributed by atoms with Gasteiger partial charge in [0, 0.05) is 6.54 Å². The maximum atomic E-state index is 12.3. The van der Waals surface area contributed by atoms with Crippen molar-refractivity contribution in [1.29, 1.82) is 0 Å². The predicted molar refractivity (Wildman–Crippen MR) is 113 cm³/mol. The highest BCUT2D eigenvalue weighted by atomic mass is 16.2. The second-order valence-corrected chi connectivity index (χ2v) is 7.05. The molecule has 8 nitrogen and oxygen atoms in total. The van der Waals surface area contributed by atoms with Gasteiger partial charge >= 0.3 is 0 Å². The standard InChI is InChI=1S/C21H26N6O2/c1-13(25-20(29)16(22)9-7-14-5-3-2-4-6-14)19(28)24-12-15-8-10-17-18(11-15)27-21(23)26-17/h2-6,8,10-11,13,16H,7,9,12,22H2,1H3,(H,24,28)(H,25,29)(H3,23,26,27)/t13-,16-/m1/s1. The Morgan fingerprint density at radius 3 is 2.62 bits per heavy atom. The molecule has 8 heteroatoms. The van der Waals surface area contributed by atoms with E-state index in [2.05, 4.69) is 20.6 Å². The molecule has 7 N–H and O–H groups in total. The summed E-state index contributed by atoms with van der Waals surface area (Å²) in [5.41, 5.74) is 15.2. The molecule has 2 amide bonds. The van der Waals surface area contributed by atoms with Gasteiger partial charge in [-0.2, -0.15) is 0 Å². The van der Waals surface area contributed by atoms with Crippen molar-refractivity contribution in [2.45, 2.75) is 38.4 Å². The first-order valence-corrected chi connectivity index (χ1v) is 9.54. The zero-order valence-electron chi connectivity index (χ0n) is 16.3. The van der Waals surface area contributed by atoms with E-state index in [0.717, 1.165) is 22.2 Å². The summed E-state index contributed by atoms with van der Waals surface area (Å²) in [7, 11) is 0. The van der Waals surface area contributed by atoms with Crippen LogP contribution in [0.2, 0.25) is 0 Å². The summed E-state index contributed by atoms with van der Waals surface area (Å²) in [6.07, 6.45) is 1.22. The van der Waals surface area contributed by atoms with Crippen LogP contribution in [0.3, 0.4) is 0 Å². The van der Waals surface area contributed by atoms with Gasteiger partial charge in [-0.05, 0) is 43.0 Å². The lowest BCUT2D eigenvalue weighted by molar-refractivity contribution is -0.129. The van der Waals surface area contributed by atoms with Crippen molar-refractivity contribution in [3.8, 4) is 0 Å². The number of carbonyl (C=O) groups excluding carboxylic acids is 2. The van der Waals surface area contributed by atoms with Crippen molar-refractivity contribution in [3.63, 3.8) is 0 Å². The van der Waals surface area contributed by atoms with Crippen LogP contribution in [0.1, 0.15) is 24.5 Å². The Morgan fingerprint density at radius 2 is 1.86 bits per heavy atom. The van der Waals surface area contributed by atoms with E-state index in [0.29, 0.717) is 25.3 Å². The van der Waals surface area contributed by atoms with Gasteiger partial charge in [0.15, 0.2) is 5.95 Å². The Bertz CT molecular complexity index is 985. The number of carbonyl (C=O) groups is 2. The molecular weight excluding hydrogens is 368 g/mol. The summed E-state index contributed by atoms with van der Waals surface area (Å²) < 4.78 is 0. The summed E-state index contributed by atoms with van der Waals surface area (Å²) in [4.78, 5) is 31.7. The molecule has 2 atom stereocenters. The smallest absolute Gasteiger partial charge is 0.242 e. The minimum absolute atomic E-state index is 0.280. The van der Waals surface area contributed by atoms with Gasteiger partial charge in [-0.3, -0.25) is 9.59 Å². The molecule has 0 aliphatic carbocycles. The quantitative estimate of drug-likeness (QED) is 0.391. The molecule has 152 valence electrons. The predicted octanol–water partition coefficient (Wildman–Crippen LogP) is 1.23. The Balaban J connectivity index is 1.45. The van der Waals surface area contributed by atoms with E-state index < -0.39 is 12.1 Å². The van der Waals surface area contributed by atoms with Crippen LogP contribution >= 0.6 is 0 Å². The zero-order valence-corrected chi connectivity index (χ0v) is 16.3. The molecule has 0 spiro atoms. The number of aromatic amines is 1. The summed E-state index contributed by atoms with van der Waals surface area (Å²) in [6, 6.07) is 14.1. The summed E-state index contributed by atoms with van der Waals surface area (Å²) in [6.45, 7) is 1.96. The van der Waals surface area contributed by atoms with E-state index in [4.69, 9.17) is 11.5 Å². The first-order chi connectivity index (χ1) is 13.9. The van der Waals surface area contributed by atoms with Crippen LogP contribution in [0.5, 0.6) is 0 Å². The van der Waals surface area contributed by atoms with Crippen molar-refractivity contribution in [3.05, 3.63) is 59.7 Å². The number of amides is 2. The number of anilines is 1. The number of fused-ring (bicyclic) bond motifs is 1. The van der Waals surface area contributed by atoms with Crippen molar-refractivity contribution in [1.82, 2.24) is 20.6 Å². The van der Waals surface area contributed by atoms with Crippen LogP contribution in [-0.2, 0) is 22.6 Å². The molecule has 0 saturated heterocycles. The number of nitrogens with one attached hydrogen (secondary N) is 3. The van der Waals surface area contributed by atoms with Crippen molar-refractivity contribution in [2.75, 3.05) is 5.73 Å². The summed E-state index contributed by atoms with van der Waals surface area (Å²) in [5, 5.41) is 5.49. The van der Waals surface area contributed by atoms with Gasteiger partial charge in [0.2, 0.25) is 11.8 Å². The third kappa shape index (κ3) is 5.55. The van der Waals surface area contributed by atoms with Crippen LogP contribution in [0.25, 0.3) is 11.0 Å². The molecule has 0 fully saturated rings. The van der Waals surface area contributed by atoms with Crippen LogP contribution in [0.4, 0.5) is 5.95 Å². The SMILES string of the molecule is C[C@@H](NC(=O)[C@H](N)CCc1ccccc1)C(=O)NCc1ccc2nc(N)[nH]c2c1. The topological polar surface area (TPSA) is 139 Å². The Morgan fingerprint density at radius 1 is 1.10 bits per heavy atom. The number of imidazole rings is 1. The van der Waals surface area contributed by atoms with E-state index >= 15 is 0 Å². The summed E-state index contributed by atoms with van der Waals surface area (Å²) in [5.74, 6) is -0.267. The van der Waals surface area contributed by atoms with Gasteiger partial charge in [0.1, 0.15) is 6.04 Å². The van der Waals surface area contributed by atoms with E-state index in [1.807, 2.05) is 48.5 Å². The van der Waals surface area contributed by atoms with E-state index in [1.54, 1.807) is 6.92 Å². The molecule has 0 aliphatic heterocycles. The van der Waals surface area contributed by atoms with Gasteiger partial charge < -0.3 is 27.1 Å². The highest BCUT2D eigenvalue weighted by Crippen LogP contribution is 2.14. The molecule has 3 rings (SSSR count). The van der Waals surface area contributed by atoms with Gasteiger partial charge in [0.25, 0.3) is 0 Å². The van der Waals surface area contributed by atoms with Crippen LogP contribution in [0.15, 0.2) is 48.5 Å². The molecule has 0 aliphatic rings. The number of aromatic nitrogens is 2. The fourth-order valence-electron chi connectivity index (χ4n) is 3.01. The normalized spacial score (nSPS) is 13.0. The molecular formula is C21H26N6O2. The number of benzene rings is 2. The maximum absolute atomic E-state index is 12.3. The van der Waals surface area contributed by atoms with Crippen molar-refractivity contribution < 1.29 is 9.59 Å². The average Bonchev–Trinajstić information content (AvgIpc) is 3.10.